The van der Waals surface area contributed by atoms with Gasteiger partial charge in [-0.1, -0.05) is 0 Å². The fourth-order valence-corrected chi connectivity index (χ4v) is 2.62. The zero-order chi connectivity index (χ0) is 13.4. The fraction of sp³-hybridized carbons (Fsp3) is 1.00. The minimum absolute atomic E-state index is 0.0168. The Morgan fingerprint density at radius 3 is 2.56 bits per heavy atom. The van der Waals surface area contributed by atoms with Gasteiger partial charge in [-0.3, -0.25) is 4.90 Å². The number of aliphatic hydroxyl groups excluding tert-OH is 1. The first kappa shape index (κ1) is 15.8. The van der Waals surface area contributed by atoms with Crippen molar-refractivity contribution in [3.05, 3.63) is 0 Å². The van der Waals surface area contributed by atoms with Gasteiger partial charge in [0.15, 0.2) is 0 Å². The van der Waals surface area contributed by atoms with Gasteiger partial charge in [0.05, 0.1) is 13.2 Å². The van der Waals surface area contributed by atoms with Crippen molar-refractivity contribution in [2.24, 2.45) is 5.41 Å². The number of nitrogens with zero attached hydrogens (tertiary/aromatic N) is 1. The van der Waals surface area contributed by atoms with Crippen LogP contribution in [0.15, 0.2) is 0 Å². The first-order valence-electron chi connectivity index (χ1n) is 6.45. The lowest BCUT2D eigenvalue weighted by Crippen LogP contribution is -2.48. The van der Waals surface area contributed by atoms with E-state index >= 15 is 0 Å². The van der Waals surface area contributed by atoms with Crippen LogP contribution in [0, 0.1) is 5.41 Å². The second-order valence-corrected chi connectivity index (χ2v) is 4.99. The molecule has 0 atom stereocenters. The summed E-state index contributed by atoms with van der Waals surface area (Å²) in [5, 5.41) is 12.1. The zero-order valence-corrected chi connectivity index (χ0v) is 11.0. The van der Waals surface area contributed by atoms with Crippen LogP contribution < -0.4 is 5.32 Å². The second-order valence-electron chi connectivity index (χ2n) is 4.99. The molecule has 0 aliphatic carbocycles. The second kappa shape index (κ2) is 7.99. The summed E-state index contributed by atoms with van der Waals surface area (Å²) < 4.78 is 30.4. The van der Waals surface area contributed by atoms with E-state index in [0.717, 1.165) is 19.4 Å². The van der Waals surface area contributed by atoms with Crippen molar-refractivity contribution in [1.82, 2.24) is 10.2 Å². The maximum Gasteiger partial charge on any atom is 0.251 e. The van der Waals surface area contributed by atoms with Gasteiger partial charge in [-0.2, -0.15) is 0 Å². The number of halogens is 2. The van der Waals surface area contributed by atoms with Crippen LogP contribution in [0.1, 0.15) is 12.8 Å². The third-order valence-corrected chi connectivity index (χ3v) is 3.48. The average molecular weight is 266 g/mol. The summed E-state index contributed by atoms with van der Waals surface area (Å²) in [5.41, 5.74) is -0.0168. The van der Waals surface area contributed by atoms with Crippen molar-refractivity contribution in [3.63, 3.8) is 0 Å². The summed E-state index contributed by atoms with van der Waals surface area (Å²) in [6.45, 7) is 2.69. The largest absolute Gasteiger partial charge is 0.395 e. The van der Waals surface area contributed by atoms with E-state index in [9.17, 15) is 8.78 Å². The van der Waals surface area contributed by atoms with E-state index in [0.29, 0.717) is 26.3 Å². The minimum Gasteiger partial charge on any atom is -0.395 e. The van der Waals surface area contributed by atoms with E-state index in [1.165, 1.54) is 0 Å². The van der Waals surface area contributed by atoms with Crippen LogP contribution in [0.3, 0.4) is 0 Å². The fourth-order valence-electron chi connectivity index (χ4n) is 2.62. The molecule has 2 N–H and O–H groups in total. The van der Waals surface area contributed by atoms with Gasteiger partial charge < -0.3 is 15.2 Å². The topological polar surface area (TPSA) is 44.7 Å². The van der Waals surface area contributed by atoms with E-state index < -0.39 is 6.43 Å². The number of aliphatic hydroxyl groups is 1. The summed E-state index contributed by atoms with van der Waals surface area (Å²) in [6.07, 6.45) is -0.610. The average Bonchev–Trinajstić information content (AvgIpc) is 2.29. The molecule has 4 nitrogen and oxygen atoms in total. The van der Waals surface area contributed by atoms with Gasteiger partial charge in [-0.15, -0.1) is 0 Å². The molecule has 1 fully saturated rings. The Labute approximate surface area is 107 Å². The quantitative estimate of drug-likeness (QED) is 0.674. The molecule has 1 aliphatic heterocycles. The number of hydrogen-bond acceptors (Lipinski definition) is 4. The molecule has 1 saturated heterocycles. The molecule has 0 radical (unpaired) electrons. The van der Waals surface area contributed by atoms with Gasteiger partial charge in [0.2, 0.25) is 0 Å². The van der Waals surface area contributed by atoms with Crippen molar-refractivity contribution in [2.75, 3.05) is 53.0 Å². The Balaban J connectivity index is 2.60. The summed E-state index contributed by atoms with van der Waals surface area (Å²) in [7, 11) is 1.88. The number of hydrogen-bond donors (Lipinski definition) is 2. The Morgan fingerprint density at radius 1 is 1.39 bits per heavy atom. The van der Waals surface area contributed by atoms with Crippen molar-refractivity contribution < 1.29 is 18.6 Å². The van der Waals surface area contributed by atoms with Crippen LogP contribution in [0.2, 0.25) is 0 Å². The lowest BCUT2D eigenvalue weighted by Gasteiger charge is -2.41. The number of nitrogens with one attached hydrogen (secondary N) is 1. The summed E-state index contributed by atoms with van der Waals surface area (Å²) in [4.78, 5) is 1.66. The van der Waals surface area contributed by atoms with Gasteiger partial charge in [-0.05, 0) is 25.3 Å². The zero-order valence-electron chi connectivity index (χ0n) is 11.0. The van der Waals surface area contributed by atoms with Gasteiger partial charge in [0, 0.05) is 32.8 Å². The van der Waals surface area contributed by atoms with E-state index in [2.05, 4.69) is 5.32 Å². The molecule has 1 aliphatic rings. The monoisotopic (exact) mass is 266 g/mol. The maximum atomic E-state index is 12.5. The number of ether oxygens (including phenoxy) is 1. The predicted octanol–water partition coefficient (Wildman–Crippen LogP) is 0.562. The van der Waals surface area contributed by atoms with E-state index in [1.807, 2.05) is 7.05 Å². The third-order valence-electron chi connectivity index (χ3n) is 3.48. The molecule has 1 heterocycles. The van der Waals surface area contributed by atoms with Crippen molar-refractivity contribution in [1.29, 1.82) is 0 Å². The molecule has 0 aromatic heterocycles. The molecule has 18 heavy (non-hydrogen) atoms. The molecule has 0 bridgehead atoms. The van der Waals surface area contributed by atoms with E-state index in [1.54, 1.807) is 4.90 Å². The first-order chi connectivity index (χ1) is 8.62. The SMILES string of the molecule is CNCC1(CN(CCO)CC(F)F)CCOCC1. The van der Waals surface area contributed by atoms with Crippen LogP contribution in [-0.2, 0) is 4.74 Å². The summed E-state index contributed by atoms with van der Waals surface area (Å²) in [5.74, 6) is 0. The van der Waals surface area contributed by atoms with Gasteiger partial charge in [-0.25, -0.2) is 8.78 Å². The van der Waals surface area contributed by atoms with Crippen LogP contribution in [0.4, 0.5) is 8.78 Å². The Kier molecular flexibility index (Phi) is 6.99. The van der Waals surface area contributed by atoms with Crippen LogP contribution >= 0.6 is 0 Å². The lowest BCUT2D eigenvalue weighted by molar-refractivity contribution is -0.0165. The highest BCUT2D eigenvalue weighted by molar-refractivity contribution is 4.87. The van der Waals surface area contributed by atoms with E-state index in [-0.39, 0.29) is 18.6 Å². The highest BCUT2D eigenvalue weighted by Gasteiger charge is 2.34. The van der Waals surface area contributed by atoms with Crippen LogP contribution in [-0.4, -0.2) is 69.5 Å². The molecule has 0 spiro atoms. The highest BCUT2D eigenvalue weighted by atomic mass is 19.3. The Morgan fingerprint density at radius 2 is 2.06 bits per heavy atom. The van der Waals surface area contributed by atoms with Gasteiger partial charge in [0.25, 0.3) is 6.43 Å². The summed E-state index contributed by atoms with van der Waals surface area (Å²) in [6, 6.07) is 0. The van der Waals surface area contributed by atoms with Crippen molar-refractivity contribution >= 4 is 0 Å². The van der Waals surface area contributed by atoms with Crippen LogP contribution in [0.5, 0.6) is 0 Å². The first-order valence-corrected chi connectivity index (χ1v) is 6.45. The normalized spacial score (nSPS) is 19.7. The molecule has 0 aromatic rings. The molecule has 108 valence electrons. The third kappa shape index (κ3) is 5.14. The number of rotatable bonds is 8. The molecular weight excluding hydrogens is 242 g/mol. The smallest absolute Gasteiger partial charge is 0.251 e. The molecule has 0 aromatic carbocycles. The predicted molar refractivity (Wildman–Crippen MR) is 65.9 cm³/mol. The molecule has 0 unspecified atom stereocenters. The van der Waals surface area contributed by atoms with Crippen molar-refractivity contribution in [2.45, 2.75) is 19.3 Å². The maximum absolute atomic E-state index is 12.5. The molecule has 0 amide bonds. The lowest BCUT2D eigenvalue weighted by atomic mass is 9.79. The molecule has 6 heteroatoms. The Bertz CT molecular complexity index is 219. The number of alkyl halides is 2. The van der Waals surface area contributed by atoms with Gasteiger partial charge >= 0.3 is 0 Å². The van der Waals surface area contributed by atoms with Gasteiger partial charge in [0.1, 0.15) is 0 Å². The standard InChI is InChI=1S/C12H24F2N2O2/c1-15-9-12(2-6-18-7-3-12)10-16(4-5-17)8-11(13)14/h11,15,17H,2-10H2,1H3. The van der Waals surface area contributed by atoms with E-state index in [4.69, 9.17) is 9.84 Å². The van der Waals surface area contributed by atoms with Crippen LogP contribution in [0.25, 0.3) is 0 Å². The minimum atomic E-state index is -2.36. The van der Waals surface area contributed by atoms with Crippen molar-refractivity contribution in [3.8, 4) is 0 Å². The highest BCUT2D eigenvalue weighted by Crippen LogP contribution is 2.31. The molecular formula is C12H24F2N2O2. The molecule has 1 rings (SSSR count). The molecule has 0 saturated carbocycles. The Hall–Kier alpha value is -0.300. The summed E-state index contributed by atoms with van der Waals surface area (Å²) >= 11 is 0.